The van der Waals surface area contributed by atoms with Crippen molar-refractivity contribution in [2.24, 2.45) is 5.92 Å². The second kappa shape index (κ2) is 5.80. The van der Waals surface area contributed by atoms with Crippen molar-refractivity contribution in [1.82, 2.24) is 0 Å². The number of hydrogen-bond donors (Lipinski definition) is 2. The smallest absolute Gasteiger partial charge is 0.303 e. The van der Waals surface area contributed by atoms with E-state index in [4.69, 9.17) is 9.79 Å². The molecule has 0 heterocycles. The number of phosphoric acid groups is 1. The summed E-state index contributed by atoms with van der Waals surface area (Å²) in [5, 5.41) is -0.879. The van der Waals surface area contributed by atoms with Crippen LogP contribution in [0.5, 0.6) is 0 Å². The molecule has 0 saturated heterocycles. The summed E-state index contributed by atoms with van der Waals surface area (Å²) in [5.74, 6) is 0.288. The minimum absolute atomic E-state index is 0.0959. The average molecular weight is 286 g/mol. The molecule has 1 fully saturated rings. The van der Waals surface area contributed by atoms with Crippen LogP contribution in [-0.4, -0.2) is 35.8 Å². The lowest BCUT2D eigenvalue weighted by atomic mass is 10.1. The molecular formula is C9H19O6PS. The van der Waals surface area contributed by atoms with Gasteiger partial charge >= 0.3 is 7.82 Å². The molecule has 2 N–H and O–H groups in total. The molecule has 0 aromatic rings. The monoisotopic (exact) mass is 286 g/mol. The zero-order valence-electron chi connectivity index (χ0n) is 9.78. The summed E-state index contributed by atoms with van der Waals surface area (Å²) in [6.45, 7) is 0.958. The fourth-order valence-electron chi connectivity index (χ4n) is 1.98. The van der Waals surface area contributed by atoms with E-state index in [1.165, 1.54) is 6.92 Å². The second-order valence-corrected chi connectivity index (χ2v) is 8.28. The summed E-state index contributed by atoms with van der Waals surface area (Å²) < 4.78 is 38.5. The molecule has 0 spiro atoms. The van der Waals surface area contributed by atoms with Gasteiger partial charge < -0.3 is 9.79 Å². The summed E-state index contributed by atoms with van der Waals surface area (Å²) in [6.07, 6.45) is 3.97. The van der Waals surface area contributed by atoms with Crippen molar-refractivity contribution in [2.75, 3.05) is 12.4 Å². The lowest BCUT2D eigenvalue weighted by Crippen LogP contribution is -2.28. The maximum atomic E-state index is 11.9. The topological polar surface area (TPSA) is 101 Å². The van der Waals surface area contributed by atoms with Crippen LogP contribution >= 0.6 is 7.82 Å². The molecule has 0 aromatic carbocycles. The molecular weight excluding hydrogens is 267 g/mol. The number of hydrogen-bond acceptors (Lipinski definition) is 4. The van der Waals surface area contributed by atoms with E-state index in [0.717, 1.165) is 25.7 Å². The molecule has 102 valence electrons. The van der Waals surface area contributed by atoms with Gasteiger partial charge in [0.15, 0.2) is 9.84 Å². The summed E-state index contributed by atoms with van der Waals surface area (Å²) >= 11 is 0. The predicted octanol–water partition coefficient (Wildman–Crippen LogP) is 1.09. The van der Waals surface area contributed by atoms with Crippen molar-refractivity contribution >= 4 is 17.7 Å². The van der Waals surface area contributed by atoms with Gasteiger partial charge in [0.1, 0.15) is 0 Å². The molecule has 17 heavy (non-hydrogen) atoms. The van der Waals surface area contributed by atoms with Crippen LogP contribution in [-0.2, 0) is 18.9 Å². The third-order valence-corrected chi connectivity index (χ3v) is 5.82. The second-order valence-electron chi connectivity index (χ2n) is 4.58. The zero-order chi connectivity index (χ0) is 13.1. The van der Waals surface area contributed by atoms with Gasteiger partial charge in [-0.15, -0.1) is 0 Å². The highest BCUT2D eigenvalue weighted by molar-refractivity contribution is 7.92. The molecule has 1 aliphatic rings. The van der Waals surface area contributed by atoms with Crippen LogP contribution in [0.1, 0.15) is 32.6 Å². The molecule has 0 bridgehead atoms. The Morgan fingerprint density at radius 3 is 2.35 bits per heavy atom. The van der Waals surface area contributed by atoms with E-state index < -0.39 is 29.5 Å². The van der Waals surface area contributed by atoms with Gasteiger partial charge in [0.05, 0.1) is 17.6 Å². The van der Waals surface area contributed by atoms with Gasteiger partial charge in [-0.1, -0.05) is 12.8 Å². The Morgan fingerprint density at radius 1 is 1.35 bits per heavy atom. The third-order valence-electron chi connectivity index (χ3n) is 3.03. The Kier molecular flexibility index (Phi) is 5.16. The normalized spacial score (nSPS) is 20.6. The van der Waals surface area contributed by atoms with Gasteiger partial charge in [0.2, 0.25) is 0 Å². The van der Waals surface area contributed by atoms with E-state index in [9.17, 15) is 13.0 Å². The lowest BCUT2D eigenvalue weighted by molar-refractivity contribution is 0.198. The van der Waals surface area contributed by atoms with Crippen molar-refractivity contribution < 1.29 is 27.3 Å². The van der Waals surface area contributed by atoms with E-state index in [2.05, 4.69) is 4.52 Å². The van der Waals surface area contributed by atoms with Gasteiger partial charge in [0, 0.05) is 0 Å². The number of phosphoric ester groups is 1. The number of rotatable bonds is 6. The van der Waals surface area contributed by atoms with Gasteiger partial charge in [-0.05, 0) is 25.7 Å². The molecule has 1 unspecified atom stereocenters. The first-order chi connectivity index (χ1) is 7.71. The molecule has 1 atom stereocenters. The van der Waals surface area contributed by atoms with E-state index in [-0.39, 0.29) is 11.7 Å². The summed E-state index contributed by atoms with van der Waals surface area (Å²) in [4.78, 5) is 17.0. The molecule has 0 aliphatic heterocycles. The van der Waals surface area contributed by atoms with E-state index in [1.54, 1.807) is 0 Å². The summed E-state index contributed by atoms with van der Waals surface area (Å²) in [5.41, 5.74) is 0. The molecule has 1 rings (SSSR count). The van der Waals surface area contributed by atoms with Crippen molar-refractivity contribution in [3.63, 3.8) is 0 Å². The summed E-state index contributed by atoms with van der Waals surface area (Å²) in [7, 11) is -7.92. The highest BCUT2D eigenvalue weighted by Gasteiger charge is 2.29. The van der Waals surface area contributed by atoms with Crippen LogP contribution in [0, 0.1) is 5.92 Å². The van der Waals surface area contributed by atoms with Gasteiger partial charge in [-0.3, -0.25) is 4.52 Å². The predicted molar refractivity (Wildman–Crippen MR) is 63.2 cm³/mol. The standard InChI is InChI=1S/C9H19O6PS/c1-8(6-15-16(10,11)12)17(13,14)7-9-4-2-3-5-9/h8-9H,2-7H2,1H3,(H2,10,11,12). The van der Waals surface area contributed by atoms with Crippen LogP contribution in [0.15, 0.2) is 0 Å². The lowest BCUT2D eigenvalue weighted by Gasteiger charge is -2.16. The van der Waals surface area contributed by atoms with Crippen molar-refractivity contribution in [2.45, 2.75) is 37.9 Å². The first-order valence-corrected chi connectivity index (χ1v) is 8.87. The van der Waals surface area contributed by atoms with Crippen LogP contribution in [0.25, 0.3) is 0 Å². The van der Waals surface area contributed by atoms with Crippen LogP contribution in [0.2, 0.25) is 0 Å². The highest BCUT2D eigenvalue weighted by Crippen LogP contribution is 2.36. The van der Waals surface area contributed by atoms with E-state index >= 15 is 0 Å². The summed E-state index contributed by atoms with van der Waals surface area (Å²) in [6, 6.07) is 0. The van der Waals surface area contributed by atoms with Crippen LogP contribution in [0.3, 0.4) is 0 Å². The van der Waals surface area contributed by atoms with Crippen molar-refractivity contribution in [1.29, 1.82) is 0 Å². The fraction of sp³-hybridized carbons (Fsp3) is 1.00. The molecule has 1 aliphatic carbocycles. The van der Waals surface area contributed by atoms with Crippen LogP contribution in [0.4, 0.5) is 0 Å². The van der Waals surface area contributed by atoms with Gasteiger partial charge in [0.25, 0.3) is 0 Å². The Bertz CT molecular complexity index is 380. The van der Waals surface area contributed by atoms with Crippen molar-refractivity contribution in [3.8, 4) is 0 Å². The van der Waals surface area contributed by atoms with Crippen molar-refractivity contribution in [3.05, 3.63) is 0 Å². The molecule has 0 amide bonds. The van der Waals surface area contributed by atoms with Gasteiger partial charge in [-0.2, -0.15) is 0 Å². The first kappa shape index (κ1) is 15.1. The molecule has 1 saturated carbocycles. The Hall–Kier alpha value is 0.0600. The molecule has 0 aromatic heterocycles. The average Bonchev–Trinajstić information content (AvgIpc) is 2.64. The third kappa shape index (κ3) is 5.48. The Balaban J connectivity index is 2.48. The van der Waals surface area contributed by atoms with Crippen LogP contribution < -0.4 is 0 Å². The maximum Gasteiger partial charge on any atom is 0.469 e. The molecule has 6 nitrogen and oxygen atoms in total. The Labute approximate surface area is 102 Å². The minimum atomic E-state index is -4.59. The SMILES string of the molecule is CC(COP(=O)(O)O)S(=O)(=O)CC1CCCC1. The largest absolute Gasteiger partial charge is 0.469 e. The fourth-order valence-corrected chi connectivity index (χ4v) is 4.09. The van der Waals surface area contributed by atoms with E-state index in [1.807, 2.05) is 0 Å². The van der Waals surface area contributed by atoms with Gasteiger partial charge in [-0.25, -0.2) is 13.0 Å². The quantitative estimate of drug-likeness (QED) is 0.709. The molecule has 8 heteroatoms. The molecule has 0 radical (unpaired) electrons. The van der Waals surface area contributed by atoms with E-state index in [0.29, 0.717) is 0 Å². The minimum Gasteiger partial charge on any atom is -0.303 e. The number of sulfone groups is 1. The maximum absolute atomic E-state index is 11.9. The first-order valence-electron chi connectivity index (χ1n) is 5.62. The highest BCUT2D eigenvalue weighted by atomic mass is 32.2. The zero-order valence-corrected chi connectivity index (χ0v) is 11.5. The Morgan fingerprint density at radius 2 is 1.88 bits per heavy atom.